The minimum atomic E-state index is -0.856. The molecule has 0 fully saturated rings. The Balaban J connectivity index is 1.67. The fourth-order valence-corrected chi connectivity index (χ4v) is 4.79. The van der Waals surface area contributed by atoms with Gasteiger partial charge in [0.25, 0.3) is 0 Å². The Morgan fingerprint density at radius 3 is 2.77 bits per heavy atom. The number of aliphatic imine (C=N–C) groups is 1. The third-order valence-electron chi connectivity index (χ3n) is 6.02. The van der Waals surface area contributed by atoms with Gasteiger partial charge in [0.15, 0.2) is 0 Å². The molecule has 4 heterocycles. The second-order valence-electron chi connectivity index (χ2n) is 8.91. The summed E-state index contributed by atoms with van der Waals surface area (Å²) < 4.78 is 19.7. The summed E-state index contributed by atoms with van der Waals surface area (Å²) in [7, 11) is 1.37. The zero-order chi connectivity index (χ0) is 24.7. The van der Waals surface area contributed by atoms with Gasteiger partial charge in [-0.2, -0.15) is 0 Å². The molecule has 0 bridgehead atoms. The number of aromatic nitrogens is 3. The molecule has 180 valence electrons. The SMILES string of the molecule is COC(=O)C(C[C@@H]1N=C(c2ccccn2)c2cc(Br)ccc2-n2c(C)cnc21)C1=COC(C)(C)O1. The first kappa shape index (κ1) is 23.3. The molecule has 3 aromatic rings. The van der Waals surface area contributed by atoms with E-state index in [0.717, 1.165) is 38.6 Å². The first-order valence-electron chi connectivity index (χ1n) is 11.3. The van der Waals surface area contributed by atoms with Crippen LogP contribution in [0.1, 0.15) is 49.1 Å². The van der Waals surface area contributed by atoms with Gasteiger partial charge in [-0.05, 0) is 43.7 Å². The van der Waals surface area contributed by atoms with Gasteiger partial charge in [0.05, 0.1) is 24.2 Å². The molecule has 9 heteroatoms. The maximum atomic E-state index is 12.9. The zero-order valence-corrected chi connectivity index (χ0v) is 21.4. The number of nitrogens with zero attached hydrogens (tertiary/aromatic N) is 4. The number of fused-ring (bicyclic) bond motifs is 3. The average molecular weight is 537 g/mol. The van der Waals surface area contributed by atoms with E-state index in [1.165, 1.54) is 13.4 Å². The summed E-state index contributed by atoms with van der Waals surface area (Å²) in [5, 5.41) is 0. The van der Waals surface area contributed by atoms with E-state index in [1.807, 2.05) is 49.5 Å². The van der Waals surface area contributed by atoms with Crippen molar-refractivity contribution in [3.05, 3.63) is 88.1 Å². The van der Waals surface area contributed by atoms with Gasteiger partial charge >= 0.3 is 5.97 Å². The Morgan fingerprint density at radius 2 is 2.09 bits per heavy atom. The van der Waals surface area contributed by atoms with Gasteiger partial charge in [-0.3, -0.25) is 19.3 Å². The lowest BCUT2D eigenvalue weighted by molar-refractivity contribution is -0.150. The minimum Gasteiger partial charge on any atom is -0.468 e. The number of methoxy groups -OCH3 is 1. The highest BCUT2D eigenvalue weighted by atomic mass is 79.9. The number of pyridine rings is 1. The molecule has 8 nitrogen and oxygen atoms in total. The van der Waals surface area contributed by atoms with E-state index in [0.29, 0.717) is 5.76 Å². The van der Waals surface area contributed by atoms with Crippen molar-refractivity contribution in [1.29, 1.82) is 0 Å². The first-order chi connectivity index (χ1) is 16.8. The van der Waals surface area contributed by atoms with Crippen LogP contribution in [0.5, 0.6) is 0 Å². The van der Waals surface area contributed by atoms with Gasteiger partial charge < -0.3 is 14.2 Å². The Kier molecular flexibility index (Phi) is 5.96. The summed E-state index contributed by atoms with van der Waals surface area (Å²) >= 11 is 3.60. The van der Waals surface area contributed by atoms with Gasteiger partial charge in [0, 0.05) is 42.0 Å². The van der Waals surface area contributed by atoms with Gasteiger partial charge in [0.2, 0.25) is 5.79 Å². The van der Waals surface area contributed by atoms with Crippen molar-refractivity contribution in [3.63, 3.8) is 0 Å². The molecule has 1 aromatic carbocycles. The molecule has 1 unspecified atom stereocenters. The topological polar surface area (TPSA) is 87.8 Å². The lowest BCUT2D eigenvalue weighted by atomic mass is 9.97. The number of hydrogen-bond acceptors (Lipinski definition) is 7. The molecule has 2 aliphatic heterocycles. The lowest BCUT2D eigenvalue weighted by Crippen LogP contribution is -2.26. The van der Waals surface area contributed by atoms with Crippen LogP contribution < -0.4 is 0 Å². The molecule has 0 amide bonds. The second-order valence-corrected chi connectivity index (χ2v) is 9.83. The molecule has 2 atom stereocenters. The number of carbonyl (C=O) groups is 1. The number of esters is 1. The maximum Gasteiger partial charge on any atom is 0.316 e. The summed E-state index contributed by atoms with van der Waals surface area (Å²) in [6.07, 6.45) is 5.33. The largest absolute Gasteiger partial charge is 0.468 e. The van der Waals surface area contributed by atoms with Crippen molar-refractivity contribution in [2.45, 2.75) is 39.0 Å². The summed E-state index contributed by atoms with van der Waals surface area (Å²) in [4.78, 5) is 27.4. The van der Waals surface area contributed by atoms with Crippen molar-refractivity contribution in [2.75, 3.05) is 7.11 Å². The van der Waals surface area contributed by atoms with Crippen LogP contribution in [-0.4, -0.2) is 39.1 Å². The van der Waals surface area contributed by atoms with Crippen LogP contribution in [0.2, 0.25) is 0 Å². The van der Waals surface area contributed by atoms with Crippen molar-refractivity contribution < 1.29 is 19.0 Å². The number of benzene rings is 1. The van der Waals surface area contributed by atoms with E-state index in [4.69, 9.17) is 24.2 Å². The number of ether oxygens (including phenoxy) is 3. The van der Waals surface area contributed by atoms with E-state index < -0.39 is 23.7 Å². The quantitative estimate of drug-likeness (QED) is 0.424. The fraction of sp³-hybridized carbons (Fsp3) is 0.308. The zero-order valence-electron chi connectivity index (χ0n) is 19.9. The smallest absolute Gasteiger partial charge is 0.316 e. The van der Waals surface area contributed by atoms with Crippen molar-refractivity contribution >= 4 is 27.6 Å². The Hall–Kier alpha value is -3.46. The van der Waals surface area contributed by atoms with Crippen LogP contribution in [0.15, 0.2) is 70.3 Å². The Morgan fingerprint density at radius 1 is 1.26 bits per heavy atom. The highest BCUT2D eigenvalue weighted by molar-refractivity contribution is 9.10. The number of carbonyl (C=O) groups excluding carboxylic acids is 1. The third-order valence-corrected chi connectivity index (χ3v) is 6.51. The molecule has 0 saturated carbocycles. The molecule has 5 rings (SSSR count). The third kappa shape index (κ3) is 4.36. The maximum absolute atomic E-state index is 12.9. The average Bonchev–Trinajstić information content (AvgIpc) is 3.37. The summed E-state index contributed by atoms with van der Waals surface area (Å²) in [6, 6.07) is 11.3. The molecular weight excluding hydrogens is 512 g/mol. The number of imidazole rings is 1. The van der Waals surface area contributed by atoms with Crippen LogP contribution in [0.25, 0.3) is 5.69 Å². The van der Waals surface area contributed by atoms with E-state index in [2.05, 4.69) is 25.5 Å². The van der Waals surface area contributed by atoms with Crippen LogP contribution >= 0.6 is 15.9 Å². The highest BCUT2D eigenvalue weighted by Crippen LogP contribution is 2.39. The molecule has 35 heavy (non-hydrogen) atoms. The molecule has 2 aromatic heterocycles. The summed E-state index contributed by atoms with van der Waals surface area (Å²) in [5.74, 6) is -0.865. The first-order valence-corrected chi connectivity index (χ1v) is 12.0. The van der Waals surface area contributed by atoms with E-state index in [1.54, 1.807) is 20.0 Å². The normalized spacial score (nSPS) is 18.7. The van der Waals surface area contributed by atoms with E-state index in [9.17, 15) is 4.79 Å². The highest BCUT2D eigenvalue weighted by Gasteiger charge is 2.39. The predicted octanol–water partition coefficient (Wildman–Crippen LogP) is 5.03. The molecule has 2 aliphatic rings. The van der Waals surface area contributed by atoms with Crippen LogP contribution in [0.3, 0.4) is 0 Å². The predicted molar refractivity (Wildman–Crippen MR) is 133 cm³/mol. The van der Waals surface area contributed by atoms with Crippen molar-refractivity contribution in [2.24, 2.45) is 10.9 Å². The molecular formula is C26H25BrN4O4. The van der Waals surface area contributed by atoms with Crippen LogP contribution in [0.4, 0.5) is 0 Å². The molecule has 0 aliphatic carbocycles. The van der Waals surface area contributed by atoms with E-state index in [-0.39, 0.29) is 6.42 Å². The van der Waals surface area contributed by atoms with E-state index >= 15 is 0 Å². The Bertz CT molecular complexity index is 1350. The second kappa shape index (κ2) is 8.96. The number of rotatable bonds is 5. The minimum absolute atomic E-state index is 0.278. The fourth-order valence-electron chi connectivity index (χ4n) is 4.42. The standard InChI is InChI=1S/C26H25BrN4O4/c1-15-13-29-24-20(12-18(25(32)33-4)22-14-34-26(2,3)35-22)30-23(19-7-5-6-10-28-19)17-11-16(27)8-9-21(17)31(15)24/h5-11,13-14,18,20H,12H2,1-4H3/t18?,20-/m0/s1. The summed E-state index contributed by atoms with van der Waals surface area (Å²) in [6.45, 7) is 5.58. The number of aryl methyl sites for hydroxylation is 1. The molecule has 0 saturated heterocycles. The monoisotopic (exact) mass is 536 g/mol. The molecule has 0 N–H and O–H groups in total. The summed E-state index contributed by atoms with van der Waals surface area (Å²) in [5.41, 5.74) is 4.27. The van der Waals surface area contributed by atoms with Gasteiger partial charge in [-0.25, -0.2) is 4.98 Å². The van der Waals surface area contributed by atoms with Gasteiger partial charge in [-0.1, -0.05) is 22.0 Å². The Labute approximate surface area is 211 Å². The van der Waals surface area contributed by atoms with Gasteiger partial charge in [-0.15, -0.1) is 0 Å². The lowest BCUT2D eigenvalue weighted by Gasteiger charge is -2.23. The number of halogens is 1. The van der Waals surface area contributed by atoms with Gasteiger partial charge in [0.1, 0.15) is 29.8 Å². The van der Waals surface area contributed by atoms with Crippen molar-refractivity contribution in [1.82, 2.24) is 14.5 Å². The number of hydrogen-bond donors (Lipinski definition) is 0. The van der Waals surface area contributed by atoms with Crippen LogP contribution in [-0.2, 0) is 19.0 Å². The van der Waals surface area contributed by atoms with Crippen molar-refractivity contribution in [3.8, 4) is 5.69 Å². The molecule has 0 spiro atoms. The van der Waals surface area contributed by atoms with Crippen LogP contribution in [0, 0.1) is 12.8 Å². The molecule has 0 radical (unpaired) electrons.